The van der Waals surface area contributed by atoms with E-state index in [-0.39, 0.29) is 11.3 Å². The summed E-state index contributed by atoms with van der Waals surface area (Å²) in [5.74, 6) is 0.696. The molecular weight excluding hydrogens is 360 g/mol. The molecule has 0 bridgehead atoms. The Kier molecular flexibility index (Phi) is 4.57. The number of furan rings is 2. The number of benzene rings is 1. The zero-order valence-corrected chi connectivity index (χ0v) is 14.2. The fourth-order valence-electron chi connectivity index (χ4n) is 2.49. The smallest absolute Gasteiger partial charge is 0.200 e. The van der Waals surface area contributed by atoms with E-state index in [9.17, 15) is 8.78 Å². The molecule has 0 saturated carbocycles. The van der Waals surface area contributed by atoms with Crippen molar-refractivity contribution in [2.24, 2.45) is 0 Å². The molecule has 0 amide bonds. The predicted octanol–water partition coefficient (Wildman–Crippen LogP) is 4.75. The molecule has 0 unspecified atom stereocenters. The van der Waals surface area contributed by atoms with Crippen molar-refractivity contribution in [1.29, 1.82) is 0 Å². The molecule has 8 heteroatoms. The molecular formula is C18H13F2N3O2S. The number of hydrogen-bond donors (Lipinski definition) is 0. The van der Waals surface area contributed by atoms with Crippen LogP contribution in [0.1, 0.15) is 11.3 Å². The van der Waals surface area contributed by atoms with Crippen LogP contribution < -0.4 is 0 Å². The van der Waals surface area contributed by atoms with E-state index in [1.165, 1.54) is 30.0 Å². The highest BCUT2D eigenvalue weighted by atomic mass is 32.2. The summed E-state index contributed by atoms with van der Waals surface area (Å²) in [5.41, 5.74) is 0.00426. The van der Waals surface area contributed by atoms with Crippen molar-refractivity contribution in [1.82, 2.24) is 14.8 Å². The Balaban J connectivity index is 1.65. The standard InChI is InChI=1S/C18H13F2N3O2S/c19-14-5-1-6-15(20)13(14)11-26-18-22-21-17(16-7-3-9-25-16)23(18)10-12-4-2-8-24-12/h1-9H,10-11H2. The molecule has 0 aliphatic heterocycles. The molecule has 0 aliphatic rings. The van der Waals surface area contributed by atoms with Gasteiger partial charge in [0.05, 0.1) is 19.1 Å². The second-order valence-corrected chi connectivity index (χ2v) is 6.38. The first kappa shape index (κ1) is 16.6. The topological polar surface area (TPSA) is 57.0 Å². The third-order valence-corrected chi connectivity index (χ3v) is 4.75. The minimum atomic E-state index is -0.583. The lowest BCUT2D eigenvalue weighted by molar-refractivity contribution is 0.482. The highest BCUT2D eigenvalue weighted by molar-refractivity contribution is 7.98. The van der Waals surface area contributed by atoms with Crippen molar-refractivity contribution in [3.63, 3.8) is 0 Å². The van der Waals surface area contributed by atoms with Gasteiger partial charge in [-0.05, 0) is 36.4 Å². The van der Waals surface area contributed by atoms with Crippen molar-refractivity contribution in [2.45, 2.75) is 17.5 Å². The van der Waals surface area contributed by atoms with Gasteiger partial charge >= 0.3 is 0 Å². The third-order valence-electron chi connectivity index (χ3n) is 3.76. The van der Waals surface area contributed by atoms with Gasteiger partial charge in [-0.3, -0.25) is 4.57 Å². The number of aromatic nitrogens is 3. The normalized spacial score (nSPS) is 11.2. The van der Waals surface area contributed by atoms with Crippen molar-refractivity contribution >= 4 is 11.8 Å². The molecule has 3 aromatic heterocycles. The van der Waals surface area contributed by atoms with Crippen LogP contribution in [-0.2, 0) is 12.3 Å². The molecule has 5 nitrogen and oxygen atoms in total. The van der Waals surface area contributed by atoms with Gasteiger partial charge in [0.25, 0.3) is 0 Å². The van der Waals surface area contributed by atoms with Gasteiger partial charge in [0.2, 0.25) is 5.82 Å². The summed E-state index contributed by atoms with van der Waals surface area (Å²) in [4.78, 5) is 0. The minimum Gasteiger partial charge on any atom is -0.467 e. The van der Waals surface area contributed by atoms with Crippen LogP contribution >= 0.6 is 11.8 Å². The molecule has 0 radical (unpaired) electrons. The Bertz CT molecular complexity index is 978. The van der Waals surface area contributed by atoms with Crippen LogP contribution in [0.2, 0.25) is 0 Å². The molecule has 0 atom stereocenters. The summed E-state index contributed by atoms with van der Waals surface area (Å²) < 4.78 is 40.3. The van der Waals surface area contributed by atoms with E-state index in [0.717, 1.165) is 0 Å². The molecule has 4 aromatic rings. The number of hydrogen-bond acceptors (Lipinski definition) is 5. The molecule has 0 N–H and O–H groups in total. The van der Waals surface area contributed by atoms with E-state index >= 15 is 0 Å². The molecule has 0 spiro atoms. The minimum absolute atomic E-state index is 0.00426. The Hall–Kier alpha value is -2.87. The second-order valence-electron chi connectivity index (χ2n) is 5.44. The molecule has 132 valence electrons. The zero-order chi connectivity index (χ0) is 17.9. The van der Waals surface area contributed by atoms with Gasteiger partial charge in [-0.15, -0.1) is 10.2 Å². The molecule has 1 aromatic carbocycles. The van der Waals surface area contributed by atoms with Gasteiger partial charge in [-0.2, -0.15) is 0 Å². The average Bonchev–Trinajstić information content (AvgIpc) is 3.37. The molecule has 0 fully saturated rings. The maximum atomic E-state index is 13.9. The summed E-state index contributed by atoms with van der Waals surface area (Å²) in [7, 11) is 0. The van der Waals surface area contributed by atoms with Crippen molar-refractivity contribution in [2.75, 3.05) is 0 Å². The first-order chi connectivity index (χ1) is 12.7. The number of thioether (sulfide) groups is 1. The maximum Gasteiger partial charge on any atom is 0.200 e. The zero-order valence-electron chi connectivity index (χ0n) is 13.4. The van der Waals surface area contributed by atoms with Gasteiger partial charge in [0.15, 0.2) is 10.9 Å². The van der Waals surface area contributed by atoms with Gasteiger partial charge in [0, 0.05) is 11.3 Å². The first-order valence-electron chi connectivity index (χ1n) is 7.77. The van der Waals surface area contributed by atoms with Crippen LogP contribution in [0.3, 0.4) is 0 Å². The lowest BCUT2D eigenvalue weighted by Gasteiger charge is -2.08. The highest BCUT2D eigenvalue weighted by Crippen LogP contribution is 2.29. The highest BCUT2D eigenvalue weighted by Gasteiger charge is 2.19. The molecule has 3 heterocycles. The van der Waals surface area contributed by atoms with E-state index in [1.54, 1.807) is 35.3 Å². The Morgan fingerprint density at radius 3 is 2.38 bits per heavy atom. The maximum absolute atomic E-state index is 13.9. The summed E-state index contributed by atoms with van der Waals surface area (Å²) in [5, 5.41) is 8.83. The molecule has 4 rings (SSSR count). The second kappa shape index (κ2) is 7.17. The summed E-state index contributed by atoms with van der Waals surface area (Å²) in [6.07, 6.45) is 3.12. The van der Waals surface area contributed by atoms with Crippen molar-refractivity contribution < 1.29 is 17.6 Å². The van der Waals surface area contributed by atoms with Crippen LogP contribution in [0, 0.1) is 11.6 Å². The summed E-state index contributed by atoms with van der Waals surface area (Å²) in [6, 6.07) is 11.0. The lowest BCUT2D eigenvalue weighted by Crippen LogP contribution is -2.03. The molecule has 0 saturated heterocycles. The average molecular weight is 373 g/mol. The fourth-order valence-corrected chi connectivity index (χ4v) is 3.45. The quantitative estimate of drug-likeness (QED) is 0.457. The summed E-state index contributed by atoms with van der Waals surface area (Å²) in [6.45, 7) is 0.373. The van der Waals surface area contributed by atoms with Crippen LogP contribution in [0.5, 0.6) is 0 Å². The Morgan fingerprint density at radius 1 is 0.923 bits per heavy atom. The van der Waals surface area contributed by atoms with E-state index < -0.39 is 11.6 Å². The third kappa shape index (κ3) is 3.28. The van der Waals surface area contributed by atoms with Crippen molar-refractivity contribution in [3.05, 3.63) is 77.9 Å². The number of nitrogens with zero attached hydrogens (tertiary/aromatic N) is 3. The SMILES string of the molecule is Fc1cccc(F)c1CSc1nnc(-c2ccco2)n1Cc1ccco1. The lowest BCUT2D eigenvalue weighted by atomic mass is 10.2. The van der Waals surface area contributed by atoms with Gasteiger partial charge < -0.3 is 8.83 Å². The van der Waals surface area contributed by atoms with E-state index in [0.29, 0.717) is 29.0 Å². The predicted molar refractivity (Wildman–Crippen MR) is 91.5 cm³/mol. The van der Waals surface area contributed by atoms with E-state index in [1.807, 2.05) is 6.07 Å². The van der Waals surface area contributed by atoms with Crippen LogP contribution in [0.15, 0.2) is 69.0 Å². The Labute approximate surface area is 151 Å². The fraction of sp³-hybridized carbons (Fsp3) is 0.111. The van der Waals surface area contributed by atoms with E-state index in [4.69, 9.17) is 8.83 Å². The van der Waals surface area contributed by atoms with Gasteiger partial charge in [0.1, 0.15) is 17.4 Å². The van der Waals surface area contributed by atoms with E-state index in [2.05, 4.69) is 10.2 Å². The van der Waals surface area contributed by atoms with Crippen LogP contribution in [-0.4, -0.2) is 14.8 Å². The Morgan fingerprint density at radius 2 is 1.69 bits per heavy atom. The largest absolute Gasteiger partial charge is 0.467 e. The monoisotopic (exact) mass is 373 g/mol. The summed E-state index contributed by atoms with van der Waals surface area (Å²) >= 11 is 1.19. The first-order valence-corrected chi connectivity index (χ1v) is 8.76. The molecule has 26 heavy (non-hydrogen) atoms. The molecule has 0 aliphatic carbocycles. The van der Waals surface area contributed by atoms with Gasteiger partial charge in [-0.25, -0.2) is 8.78 Å². The van der Waals surface area contributed by atoms with Crippen molar-refractivity contribution in [3.8, 4) is 11.6 Å². The van der Waals surface area contributed by atoms with Crippen LogP contribution in [0.4, 0.5) is 8.78 Å². The number of halogens is 2. The van der Waals surface area contributed by atoms with Crippen LogP contribution in [0.25, 0.3) is 11.6 Å². The number of rotatable bonds is 6. The van der Waals surface area contributed by atoms with Gasteiger partial charge in [-0.1, -0.05) is 17.8 Å².